The van der Waals surface area contributed by atoms with Crippen LogP contribution in [0.5, 0.6) is 0 Å². The fourth-order valence-corrected chi connectivity index (χ4v) is 2.66. The number of aliphatic hydroxyl groups is 1. The van der Waals surface area contributed by atoms with Gasteiger partial charge in [-0.2, -0.15) is 0 Å². The van der Waals surface area contributed by atoms with Crippen molar-refractivity contribution in [1.29, 1.82) is 0 Å². The molecule has 20 heavy (non-hydrogen) atoms. The predicted molar refractivity (Wildman–Crippen MR) is 85.7 cm³/mol. The van der Waals surface area contributed by atoms with Gasteiger partial charge in [0.15, 0.2) is 0 Å². The molecule has 2 aromatic carbocycles. The van der Waals surface area contributed by atoms with E-state index in [1.807, 2.05) is 18.2 Å². The lowest BCUT2D eigenvalue weighted by atomic mass is 10.0. The van der Waals surface area contributed by atoms with Crippen LogP contribution in [0.4, 0.5) is 0 Å². The molecule has 0 bridgehead atoms. The van der Waals surface area contributed by atoms with Crippen molar-refractivity contribution in [2.45, 2.75) is 32.3 Å². The molecule has 0 spiro atoms. The standard InChI is InChI=1S/C17H18Cl2O/c1-12-4-2-5-13(10-12)8-9-15(20)11-14-6-3-7-16(18)17(14)19/h2-7,10,15,20H,8-9,11H2,1H3. The van der Waals surface area contributed by atoms with Crippen molar-refractivity contribution in [3.63, 3.8) is 0 Å². The zero-order chi connectivity index (χ0) is 14.5. The van der Waals surface area contributed by atoms with E-state index in [0.29, 0.717) is 22.9 Å². The number of benzene rings is 2. The van der Waals surface area contributed by atoms with Crippen LogP contribution in [0.15, 0.2) is 42.5 Å². The van der Waals surface area contributed by atoms with Crippen LogP contribution in [0.25, 0.3) is 0 Å². The first kappa shape index (κ1) is 15.4. The van der Waals surface area contributed by atoms with Gasteiger partial charge in [-0.1, -0.05) is 65.2 Å². The van der Waals surface area contributed by atoms with Gasteiger partial charge in [0.1, 0.15) is 0 Å². The summed E-state index contributed by atoms with van der Waals surface area (Å²) >= 11 is 12.1. The normalized spacial score (nSPS) is 12.4. The van der Waals surface area contributed by atoms with Gasteiger partial charge in [0.05, 0.1) is 16.1 Å². The van der Waals surface area contributed by atoms with Gasteiger partial charge in [0.2, 0.25) is 0 Å². The van der Waals surface area contributed by atoms with E-state index >= 15 is 0 Å². The highest BCUT2D eigenvalue weighted by atomic mass is 35.5. The molecule has 0 aliphatic carbocycles. The van der Waals surface area contributed by atoms with Gasteiger partial charge in [-0.15, -0.1) is 0 Å². The fraction of sp³-hybridized carbons (Fsp3) is 0.294. The quantitative estimate of drug-likeness (QED) is 0.838. The van der Waals surface area contributed by atoms with E-state index in [1.54, 1.807) is 6.07 Å². The molecule has 0 fully saturated rings. The topological polar surface area (TPSA) is 20.2 Å². The summed E-state index contributed by atoms with van der Waals surface area (Å²) in [6.07, 6.45) is 1.70. The Morgan fingerprint density at radius 3 is 2.60 bits per heavy atom. The minimum absolute atomic E-state index is 0.411. The van der Waals surface area contributed by atoms with Gasteiger partial charge in [0, 0.05) is 0 Å². The first-order valence-corrected chi connectivity index (χ1v) is 7.48. The van der Waals surface area contributed by atoms with Gasteiger partial charge < -0.3 is 5.11 Å². The third-order valence-corrected chi connectivity index (χ3v) is 4.19. The van der Waals surface area contributed by atoms with Gasteiger partial charge in [-0.05, 0) is 43.4 Å². The Bertz CT molecular complexity index is 581. The molecule has 3 heteroatoms. The van der Waals surface area contributed by atoms with Crippen LogP contribution in [-0.2, 0) is 12.8 Å². The summed E-state index contributed by atoms with van der Waals surface area (Å²) in [6, 6.07) is 13.9. The molecular formula is C17H18Cl2O. The fourth-order valence-electron chi connectivity index (χ4n) is 2.26. The number of halogens is 2. The van der Waals surface area contributed by atoms with Crippen LogP contribution in [0.3, 0.4) is 0 Å². The lowest BCUT2D eigenvalue weighted by Crippen LogP contribution is -2.12. The molecule has 1 N–H and O–H groups in total. The highest BCUT2D eigenvalue weighted by Crippen LogP contribution is 2.26. The van der Waals surface area contributed by atoms with E-state index in [1.165, 1.54) is 11.1 Å². The molecule has 0 aromatic heterocycles. The second-order valence-corrected chi connectivity index (χ2v) is 5.88. The van der Waals surface area contributed by atoms with E-state index in [2.05, 4.69) is 25.1 Å². The van der Waals surface area contributed by atoms with Gasteiger partial charge >= 0.3 is 0 Å². The minimum atomic E-state index is -0.411. The van der Waals surface area contributed by atoms with Crippen molar-refractivity contribution in [2.24, 2.45) is 0 Å². The summed E-state index contributed by atoms with van der Waals surface area (Å²) in [4.78, 5) is 0. The molecule has 0 radical (unpaired) electrons. The largest absolute Gasteiger partial charge is 0.393 e. The van der Waals surface area contributed by atoms with Crippen LogP contribution >= 0.6 is 23.2 Å². The zero-order valence-corrected chi connectivity index (χ0v) is 13.0. The number of aryl methyl sites for hydroxylation is 2. The second kappa shape index (κ2) is 7.12. The molecule has 0 aliphatic rings. The van der Waals surface area contributed by atoms with Crippen molar-refractivity contribution in [3.8, 4) is 0 Å². The lowest BCUT2D eigenvalue weighted by Gasteiger charge is -2.12. The van der Waals surface area contributed by atoms with Crippen LogP contribution in [-0.4, -0.2) is 11.2 Å². The molecular weight excluding hydrogens is 291 g/mol. The van der Waals surface area contributed by atoms with Gasteiger partial charge in [0.25, 0.3) is 0 Å². The van der Waals surface area contributed by atoms with Crippen molar-refractivity contribution in [3.05, 3.63) is 69.2 Å². The summed E-state index contributed by atoms with van der Waals surface area (Å²) in [5, 5.41) is 11.2. The second-order valence-electron chi connectivity index (χ2n) is 5.10. The summed E-state index contributed by atoms with van der Waals surface area (Å²) in [5.74, 6) is 0. The maximum absolute atomic E-state index is 10.1. The summed E-state index contributed by atoms with van der Waals surface area (Å²) in [5.41, 5.74) is 3.40. The van der Waals surface area contributed by atoms with E-state index in [9.17, 15) is 5.11 Å². The SMILES string of the molecule is Cc1cccc(CCC(O)Cc2cccc(Cl)c2Cl)c1. The molecule has 2 aromatic rings. The van der Waals surface area contributed by atoms with Crippen LogP contribution in [0.2, 0.25) is 10.0 Å². The Morgan fingerprint density at radius 1 is 1.10 bits per heavy atom. The number of rotatable bonds is 5. The molecule has 0 aliphatic heterocycles. The average molecular weight is 309 g/mol. The molecule has 0 amide bonds. The molecule has 1 atom stereocenters. The van der Waals surface area contributed by atoms with E-state index < -0.39 is 6.10 Å². The van der Waals surface area contributed by atoms with Crippen LogP contribution in [0.1, 0.15) is 23.1 Å². The van der Waals surface area contributed by atoms with Crippen LogP contribution < -0.4 is 0 Å². The monoisotopic (exact) mass is 308 g/mol. The Hall–Kier alpha value is -1.02. The number of hydrogen-bond acceptors (Lipinski definition) is 1. The van der Waals surface area contributed by atoms with Crippen molar-refractivity contribution in [1.82, 2.24) is 0 Å². The number of hydrogen-bond donors (Lipinski definition) is 1. The molecule has 1 nitrogen and oxygen atoms in total. The highest BCUT2D eigenvalue weighted by Gasteiger charge is 2.10. The first-order valence-electron chi connectivity index (χ1n) is 6.73. The molecule has 0 heterocycles. The predicted octanol–water partition coefficient (Wildman–Crippen LogP) is 4.84. The van der Waals surface area contributed by atoms with Crippen molar-refractivity contribution < 1.29 is 5.11 Å². The first-order chi connectivity index (χ1) is 9.56. The van der Waals surface area contributed by atoms with Crippen molar-refractivity contribution >= 4 is 23.2 Å². The van der Waals surface area contributed by atoms with E-state index in [-0.39, 0.29) is 0 Å². The van der Waals surface area contributed by atoms with Gasteiger partial charge in [-0.3, -0.25) is 0 Å². The van der Waals surface area contributed by atoms with E-state index in [0.717, 1.165) is 12.0 Å². The third-order valence-electron chi connectivity index (χ3n) is 3.34. The van der Waals surface area contributed by atoms with E-state index in [4.69, 9.17) is 23.2 Å². The summed E-state index contributed by atoms with van der Waals surface area (Å²) in [7, 11) is 0. The lowest BCUT2D eigenvalue weighted by molar-refractivity contribution is 0.165. The Morgan fingerprint density at radius 2 is 1.85 bits per heavy atom. The average Bonchev–Trinajstić information content (AvgIpc) is 2.42. The molecule has 1 unspecified atom stereocenters. The van der Waals surface area contributed by atoms with Crippen LogP contribution in [0, 0.1) is 6.92 Å². The Balaban J connectivity index is 1.92. The third kappa shape index (κ3) is 4.24. The summed E-state index contributed by atoms with van der Waals surface area (Å²) < 4.78 is 0. The Kier molecular flexibility index (Phi) is 5.47. The molecule has 2 rings (SSSR count). The summed E-state index contributed by atoms with van der Waals surface area (Å²) in [6.45, 7) is 2.08. The molecule has 0 saturated carbocycles. The molecule has 106 valence electrons. The van der Waals surface area contributed by atoms with Crippen molar-refractivity contribution in [2.75, 3.05) is 0 Å². The maximum Gasteiger partial charge on any atom is 0.0625 e. The zero-order valence-electron chi connectivity index (χ0n) is 11.4. The highest BCUT2D eigenvalue weighted by molar-refractivity contribution is 6.42. The minimum Gasteiger partial charge on any atom is -0.393 e. The number of aliphatic hydroxyl groups excluding tert-OH is 1. The van der Waals surface area contributed by atoms with Gasteiger partial charge in [-0.25, -0.2) is 0 Å². The smallest absolute Gasteiger partial charge is 0.0625 e. The molecule has 0 saturated heterocycles. The Labute approximate surface area is 130 Å². The maximum atomic E-state index is 10.1.